The fraction of sp³-hybridized carbons (Fsp3) is 0.623. The number of aromatic amines is 1. The van der Waals surface area contributed by atoms with Crippen molar-refractivity contribution in [3.63, 3.8) is 0 Å². The minimum Gasteiger partial charge on any atom is -0.478 e. The molecule has 0 aliphatic carbocycles. The molecule has 3 aromatic rings. The molecule has 4 N–H and O–H groups in total. The standard InChI is InChI=1S/C53H79N7O10/c1-12-34(6)47(58(9)52(65)45(32(2)3)56-50(63)46(33(4)5)57(8)31-36-21-23-37(24-22-36)53(66)67)43(68-10)29-44(61)59-25-17-20-42(59)48(69-11)35(7)49(62)55-41(51(64)60-26-15-16-27-70-60)28-38-30-54-40-19-14-13-18-39(38)40/h13-14,18-19,21-24,30,32-35,41-43,45-48,54H,12,15-17,20,25-29,31H2,1-11H3,(H,55,62)(H,56,63)(H,66,67)/t34-,35+,41-,42-,43+,45-,46-,47-,48+/m0/s1. The van der Waals surface area contributed by atoms with E-state index in [9.17, 15) is 33.9 Å². The Morgan fingerprint density at radius 1 is 0.871 bits per heavy atom. The summed E-state index contributed by atoms with van der Waals surface area (Å²) in [5.74, 6) is -3.76. The zero-order valence-corrected chi connectivity index (χ0v) is 43.2. The summed E-state index contributed by atoms with van der Waals surface area (Å²) >= 11 is 0. The predicted molar refractivity (Wildman–Crippen MR) is 267 cm³/mol. The number of ether oxygens (including phenoxy) is 2. The summed E-state index contributed by atoms with van der Waals surface area (Å²) in [5, 5.41) is 17.8. The van der Waals surface area contributed by atoms with Crippen LogP contribution in [0.15, 0.2) is 54.7 Å². The number of nitrogens with one attached hydrogen (secondary N) is 3. The molecule has 5 amide bonds. The number of carboxylic acids is 1. The number of carbonyl (C=O) groups is 6. The Morgan fingerprint density at radius 2 is 1.57 bits per heavy atom. The van der Waals surface area contributed by atoms with Crippen LogP contribution in [0, 0.1) is 23.7 Å². The van der Waals surface area contributed by atoms with Gasteiger partial charge in [-0.05, 0) is 79.8 Å². The van der Waals surface area contributed by atoms with E-state index in [1.807, 2.05) is 84.0 Å². The molecule has 2 saturated heterocycles. The lowest BCUT2D eigenvalue weighted by Gasteiger charge is -2.41. The quantitative estimate of drug-likeness (QED) is 0.0863. The highest BCUT2D eigenvalue weighted by molar-refractivity contribution is 5.91. The molecule has 2 aromatic carbocycles. The molecule has 5 rings (SSSR count). The Balaban J connectivity index is 1.29. The van der Waals surface area contributed by atoms with Crippen LogP contribution in [-0.2, 0) is 51.2 Å². The molecule has 70 heavy (non-hydrogen) atoms. The van der Waals surface area contributed by atoms with Crippen LogP contribution >= 0.6 is 0 Å². The highest BCUT2D eigenvalue weighted by Gasteiger charge is 2.44. The molecular weight excluding hydrogens is 895 g/mol. The summed E-state index contributed by atoms with van der Waals surface area (Å²) in [7, 11) is 6.62. The number of likely N-dealkylation sites (tertiary alicyclic amines) is 1. The molecule has 9 atom stereocenters. The smallest absolute Gasteiger partial charge is 0.335 e. The van der Waals surface area contributed by atoms with Crippen LogP contribution in [-0.4, -0.2) is 156 Å². The van der Waals surface area contributed by atoms with Gasteiger partial charge in [0.25, 0.3) is 5.91 Å². The van der Waals surface area contributed by atoms with Crippen LogP contribution in [0.2, 0.25) is 0 Å². The molecule has 3 heterocycles. The van der Waals surface area contributed by atoms with Gasteiger partial charge in [0, 0.05) is 64.4 Å². The van der Waals surface area contributed by atoms with Gasteiger partial charge in [0.05, 0.1) is 54.8 Å². The third-order valence-corrected chi connectivity index (χ3v) is 14.5. The van der Waals surface area contributed by atoms with Crippen molar-refractivity contribution in [1.29, 1.82) is 0 Å². The molecule has 0 radical (unpaired) electrons. The zero-order valence-electron chi connectivity index (χ0n) is 43.2. The molecule has 0 spiro atoms. The first kappa shape index (κ1) is 55.6. The van der Waals surface area contributed by atoms with Gasteiger partial charge in [-0.3, -0.25) is 33.7 Å². The van der Waals surface area contributed by atoms with Crippen LogP contribution < -0.4 is 10.6 Å². The number of aromatic nitrogens is 1. The van der Waals surface area contributed by atoms with E-state index in [1.165, 1.54) is 24.3 Å². The van der Waals surface area contributed by atoms with Crippen molar-refractivity contribution in [2.45, 2.75) is 142 Å². The number of amides is 5. The number of fused-ring (bicyclic) bond motifs is 1. The molecule has 0 saturated carbocycles. The number of hydrogen-bond donors (Lipinski definition) is 4. The number of hydroxylamine groups is 2. The van der Waals surface area contributed by atoms with Crippen molar-refractivity contribution in [3.8, 4) is 0 Å². The molecule has 2 fully saturated rings. The lowest BCUT2D eigenvalue weighted by molar-refractivity contribution is -0.199. The maximum atomic E-state index is 14.7. The number of carbonyl (C=O) groups excluding carboxylic acids is 5. The van der Waals surface area contributed by atoms with E-state index in [0.717, 1.165) is 34.9 Å². The Labute approximate surface area is 414 Å². The third-order valence-electron chi connectivity index (χ3n) is 14.5. The predicted octanol–water partition coefficient (Wildman–Crippen LogP) is 5.67. The molecular formula is C53H79N7O10. The maximum absolute atomic E-state index is 14.7. The third kappa shape index (κ3) is 13.5. The van der Waals surface area contributed by atoms with Gasteiger partial charge < -0.3 is 40.0 Å². The number of carboxylic acid groups (broad SMARTS) is 1. The second kappa shape index (κ2) is 25.7. The van der Waals surface area contributed by atoms with E-state index in [2.05, 4.69) is 15.6 Å². The molecule has 17 heteroatoms. The number of benzene rings is 2. The van der Waals surface area contributed by atoms with Crippen LogP contribution in [0.5, 0.6) is 0 Å². The summed E-state index contributed by atoms with van der Waals surface area (Å²) < 4.78 is 12.2. The van der Waals surface area contributed by atoms with Gasteiger partial charge in [-0.1, -0.05) is 85.2 Å². The summed E-state index contributed by atoms with van der Waals surface area (Å²) in [5.41, 5.74) is 2.84. The van der Waals surface area contributed by atoms with Gasteiger partial charge in [0.15, 0.2) is 0 Å². The monoisotopic (exact) mass is 974 g/mol. The van der Waals surface area contributed by atoms with Crippen molar-refractivity contribution >= 4 is 46.4 Å². The SMILES string of the molecule is CC[C@H](C)[C@@H]([C@@H](CC(=O)N1CCC[C@H]1[C@H](OC)[C@@H](C)C(=O)N[C@@H](Cc1c[nH]c2ccccc12)C(=O)N1CCCCO1)OC)N(C)C(=O)[C@@H](NC(=O)[C@H](C(C)C)N(C)Cc1ccc(C(=O)O)cc1)C(C)C. The normalized spacial score (nSPS) is 18.8. The van der Waals surface area contributed by atoms with Crippen molar-refractivity contribution in [3.05, 3.63) is 71.4 Å². The Hall–Kier alpha value is -5.36. The van der Waals surface area contributed by atoms with Gasteiger partial charge in [-0.25, -0.2) is 9.86 Å². The minimum absolute atomic E-state index is 0.0416. The highest BCUT2D eigenvalue weighted by Crippen LogP contribution is 2.30. The van der Waals surface area contributed by atoms with E-state index >= 15 is 0 Å². The fourth-order valence-corrected chi connectivity index (χ4v) is 10.4. The van der Waals surface area contributed by atoms with E-state index < -0.39 is 54.3 Å². The van der Waals surface area contributed by atoms with Gasteiger partial charge >= 0.3 is 5.97 Å². The lowest BCUT2D eigenvalue weighted by atomic mass is 9.89. The summed E-state index contributed by atoms with van der Waals surface area (Å²) in [6.45, 7) is 15.2. The Bertz CT molecular complexity index is 2230. The molecule has 386 valence electrons. The van der Waals surface area contributed by atoms with E-state index in [0.29, 0.717) is 45.5 Å². The van der Waals surface area contributed by atoms with E-state index in [1.54, 1.807) is 43.0 Å². The number of methoxy groups -OCH3 is 2. The number of para-hydroxylation sites is 1. The molecule has 2 aliphatic rings. The van der Waals surface area contributed by atoms with Gasteiger partial charge in [-0.15, -0.1) is 0 Å². The minimum atomic E-state index is -1.01. The van der Waals surface area contributed by atoms with Crippen LogP contribution in [0.1, 0.15) is 108 Å². The van der Waals surface area contributed by atoms with Crippen molar-refractivity contribution in [2.75, 3.05) is 48.0 Å². The molecule has 2 aliphatic heterocycles. The summed E-state index contributed by atoms with van der Waals surface area (Å²) in [4.78, 5) is 97.4. The van der Waals surface area contributed by atoms with Gasteiger partial charge in [-0.2, -0.15) is 0 Å². The molecule has 0 unspecified atom stereocenters. The first-order valence-corrected chi connectivity index (χ1v) is 25.1. The first-order valence-electron chi connectivity index (χ1n) is 25.1. The largest absolute Gasteiger partial charge is 0.478 e. The van der Waals surface area contributed by atoms with E-state index in [-0.39, 0.29) is 65.7 Å². The first-order chi connectivity index (χ1) is 33.3. The lowest BCUT2D eigenvalue weighted by Crippen LogP contribution is -2.60. The fourth-order valence-electron chi connectivity index (χ4n) is 10.4. The topological polar surface area (TPSA) is 203 Å². The van der Waals surface area contributed by atoms with Gasteiger partial charge in [0.2, 0.25) is 23.6 Å². The Kier molecular flexibility index (Phi) is 20.4. The van der Waals surface area contributed by atoms with Crippen molar-refractivity contribution < 1.29 is 48.2 Å². The number of aromatic carboxylic acids is 1. The zero-order chi connectivity index (χ0) is 51.4. The number of nitrogens with zero attached hydrogens (tertiary/aromatic N) is 4. The number of likely N-dealkylation sites (N-methyl/N-ethyl adjacent to an activating group) is 2. The van der Waals surface area contributed by atoms with Crippen LogP contribution in [0.4, 0.5) is 0 Å². The van der Waals surface area contributed by atoms with Gasteiger partial charge in [0.1, 0.15) is 12.1 Å². The molecule has 0 bridgehead atoms. The van der Waals surface area contributed by atoms with Crippen molar-refractivity contribution in [2.24, 2.45) is 23.7 Å². The number of H-pyrrole nitrogens is 1. The molecule has 1 aromatic heterocycles. The summed E-state index contributed by atoms with van der Waals surface area (Å²) in [6, 6.07) is 11.0. The summed E-state index contributed by atoms with van der Waals surface area (Å²) in [6.07, 6.45) is 4.29. The second-order valence-corrected chi connectivity index (χ2v) is 20.0. The highest BCUT2D eigenvalue weighted by atomic mass is 16.7. The van der Waals surface area contributed by atoms with Crippen LogP contribution in [0.3, 0.4) is 0 Å². The van der Waals surface area contributed by atoms with Crippen LogP contribution in [0.25, 0.3) is 10.9 Å². The second-order valence-electron chi connectivity index (χ2n) is 20.0. The number of rotatable bonds is 24. The number of hydrogen-bond acceptors (Lipinski definition) is 10. The van der Waals surface area contributed by atoms with Crippen molar-refractivity contribution in [1.82, 2.24) is 35.4 Å². The average Bonchev–Trinajstić information content (AvgIpc) is 4.00. The van der Waals surface area contributed by atoms with E-state index in [4.69, 9.17) is 14.3 Å². The average molecular weight is 974 g/mol. The molecule has 17 nitrogen and oxygen atoms in total. The Morgan fingerprint density at radius 3 is 2.17 bits per heavy atom. The maximum Gasteiger partial charge on any atom is 0.335 e.